The van der Waals surface area contributed by atoms with Crippen LogP contribution in [0.1, 0.15) is 0 Å². The van der Waals surface area contributed by atoms with Gasteiger partial charge in [-0.15, -0.1) is 0 Å². The number of amides is 1. The predicted octanol–water partition coefficient (Wildman–Crippen LogP) is 0.860. The number of rotatable bonds is 0. The van der Waals surface area contributed by atoms with Crippen molar-refractivity contribution in [2.45, 2.75) is 0 Å². The average molecular weight is 237 g/mol. The summed E-state index contributed by atoms with van der Waals surface area (Å²) in [5, 5.41) is 2.40. The molecule has 0 aromatic carbocycles. The van der Waals surface area contributed by atoms with Gasteiger partial charge in [0.1, 0.15) is 0 Å². The fraction of sp³-hybridized carbons (Fsp3) is 0.200. The van der Waals surface area contributed by atoms with Gasteiger partial charge in [-0.05, 0) is 27.5 Å². The van der Waals surface area contributed by atoms with E-state index in [1.807, 2.05) is 0 Å². The molecule has 0 bridgehead atoms. The quantitative estimate of drug-likeness (QED) is 0.727. The fourth-order valence-corrected chi connectivity index (χ4v) is 1.73. The van der Waals surface area contributed by atoms with E-state index in [-0.39, 0.29) is 10.8 Å². The zero-order chi connectivity index (χ0) is 8.43. The lowest BCUT2D eigenvalue weighted by Crippen LogP contribution is -2.21. The molecule has 0 saturated carbocycles. The molecule has 0 unspecified atom stereocenters. The van der Waals surface area contributed by atoms with Crippen LogP contribution in [0.15, 0.2) is 15.5 Å². The summed E-state index contributed by atoms with van der Waals surface area (Å²) < 4.78 is 1.48. The van der Waals surface area contributed by atoms with E-state index in [0.717, 1.165) is 11.5 Å². The summed E-state index contributed by atoms with van der Waals surface area (Å²) >= 11 is 3.86. The van der Waals surface area contributed by atoms with Crippen molar-refractivity contribution in [1.82, 2.24) is 9.27 Å². The molecule has 1 N–H and O–H groups in total. The molecule has 1 amide bonds. The second-order valence-electron chi connectivity index (χ2n) is 1.74. The first-order valence-corrected chi connectivity index (χ1v) is 4.32. The van der Waals surface area contributed by atoms with Crippen LogP contribution in [-0.2, 0) is 0 Å². The van der Waals surface area contributed by atoms with E-state index in [2.05, 4.69) is 21.2 Å². The van der Waals surface area contributed by atoms with Crippen molar-refractivity contribution >= 4 is 33.5 Å². The third-order valence-electron chi connectivity index (χ3n) is 1.02. The Morgan fingerprint density at radius 3 is 2.82 bits per heavy atom. The molecule has 1 aromatic heterocycles. The number of nitrogens with zero attached hydrogens (tertiary/aromatic N) is 1. The number of hydrogen-bond donors (Lipinski definition) is 1. The maximum atomic E-state index is 10.9. The van der Waals surface area contributed by atoms with Crippen molar-refractivity contribution in [2.24, 2.45) is 0 Å². The van der Waals surface area contributed by atoms with Crippen LogP contribution in [0.3, 0.4) is 0 Å². The Labute approximate surface area is 75.1 Å². The van der Waals surface area contributed by atoms with Crippen molar-refractivity contribution in [1.29, 1.82) is 0 Å². The van der Waals surface area contributed by atoms with E-state index < -0.39 is 0 Å². The highest BCUT2D eigenvalue weighted by Gasteiger charge is 2.05. The second-order valence-corrected chi connectivity index (χ2v) is 3.54. The molecule has 1 heterocycles. The topological polar surface area (TPSA) is 51.1 Å². The van der Waals surface area contributed by atoms with Gasteiger partial charge in [-0.2, -0.15) is 0 Å². The van der Waals surface area contributed by atoms with Crippen molar-refractivity contribution in [3.63, 3.8) is 0 Å². The molecule has 0 atom stereocenters. The van der Waals surface area contributed by atoms with Gasteiger partial charge in [0.2, 0.25) is 0 Å². The van der Waals surface area contributed by atoms with Gasteiger partial charge in [-0.3, -0.25) is 4.79 Å². The number of carbonyl (C=O) groups is 1. The molecular formula is C5H5BrN2O2S. The predicted molar refractivity (Wildman–Crippen MR) is 46.1 cm³/mol. The lowest BCUT2D eigenvalue weighted by atomic mass is 10.7. The molecule has 0 aliphatic carbocycles. The van der Waals surface area contributed by atoms with E-state index in [0.29, 0.717) is 4.47 Å². The van der Waals surface area contributed by atoms with Crippen LogP contribution in [0.25, 0.3) is 0 Å². The Kier molecular flexibility index (Phi) is 2.45. The van der Waals surface area contributed by atoms with Crippen LogP contribution in [0.2, 0.25) is 0 Å². The summed E-state index contributed by atoms with van der Waals surface area (Å²) in [5.74, 6) is 0. The summed E-state index contributed by atoms with van der Waals surface area (Å²) in [6.45, 7) is 0. The molecule has 0 aliphatic heterocycles. The average Bonchev–Trinajstić information content (AvgIpc) is 2.31. The van der Waals surface area contributed by atoms with Gasteiger partial charge in [0.25, 0.3) is 4.74 Å². The minimum absolute atomic E-state index is 0.159. The molecule has 6 heteroatoms. The monoisotopic (exact) mass is 236 g/mol. The minimum Gasteiger partial charge on any atom is -0.340 e. The van der Waals surface area contributed by atoms with Crippen molar-refractivity contribution in [2.75, 3.05) is 7.05 Å². The van der Waals surface area contributed by atoms with Crippen molar-refractivity contribution < 1.29 is 4.79 Å². The van der Waals surface area contributed by atoms with Crippen LogP contribution >= 0.6 is 27.5 Å². The Hall–Kier alpha value is -0.620. The van der Waals surface area contributed by atoms with Crippen LogP contribution < -0.4 is 10.1 Å². The van der Waals surface area contributed by atoms with Gasteiger partial charge in [-0.1, -0.05) is 0 Å². The highest BCUT2D eigenvalue weighted by atomic mass is 79.9. The third-order valence-corrected chi connectivity index (χ3v) is 2.70. The normalized spacial score (nSPS) is 9.64. The summed E-state index contributed by atoms with van der Waals surface area (Å²) in [6.07, 6.45) is 1.44. The zero-order valence-corrected chi connectivity index (χ0v) is 8.03. The first-order valence-electron chi connectivity index (χ1n) is 2.75. The maximum absolute atomic E-state index is 10.9. The number of aromatic nitrogens is 1. The van der Waals surface area contributed by atoms with Gasteiger partial charge in [-0.25, -0.2) is 8.75 Å². The molecule has 0 radical (unpaired) electrons. The molecule has 0 saturated heterocycles. The lowest BCUT2D eigenvalue weighted by molar-refractivity contribution is 0.246. The Bertz CT molecular complexity index is 329. The van der Waals surface area contributed by atoms with E-state index >= 15 is 0 Å². The van der Waals surface area contributed by atoms with Crippen LogP contribution in [0.5, 0.6) is 0 Å². The Morgan fingerprint density at radius 2 is 2.45 bits per heavy atom. The van der Waals surface area contributed by atoms with Gasteiger partial charge >= 0.3 is 6.03 Å². The molecule has 1 rings (SSSR count). The van der Waals surface area contributed by atoms with Crippen LogP contribution in [-0.4, -0.2) is 17.0 Å². The number of halogens is 1. The van der Waals surface area contributed by atoms with Gasteiger partial charge < -0.3 is 5.32 Å². The Morgan fingerprint density at radius 1 is 1.82 bits per heavy atom. The van der Waals surface area contributed by atoms with Gasteiger partial charge in [0.05, 0.1) is 4.47 Å². The number of hydrogen-bond acceptors (Lipinski definition) is 3. The van der Waals surface area contributed by atoms with E-state index in [1.54, 1.807) is 0 Å². The second kappa shape index (κ2) is 3.19. The van der Waals surface area contributed by atoms with Crippen molar-refractivity contribution in [3.05, 3.63) is 20.2 Å². The third kappa shape index (κ3) is 1.69. The molecule has 0 fully saturated rings. The highest BCUT2D eigenvalue weighted by molar-refractivity contribution is 9.10. The summed E-state index contributed by atoms with van der Waals surface area (Å²) in [5.41, 5.74) is 0. The summed E-state index contributed by atoms with van der Waals surface area (Å²) in [7, 11) is 1.51. The van der Waals surface area contributed by atoms with Crippen molar-refractivity contribution in [3.8, 4) is 0 Å². The Balaban J connectivity index is 3.07. The smallest absolute Gasteiger partial charge is 0.334 e. The molecule has 60 valence electrons. The van der Waals surface area contributed by atoms with E-state index in [9.17, 15) is 9.59 Å². The molecule has 0 aliphatic rings. The van der Waals surface area contributed by atoms with E-state index in [1.165, 1.54) is 17.2 Å². The SMILES string of the molecule is CNC(=O)n1cc(Br)c(=O)s1. The van der Waals surface area contributed by atoms with Gasteiger partial charge in [0.15, 0.2) is 0 Å². The minimum atomic E-state index is -0.308. The standard InChI is InChI=1S/C5H5BrN2O2S/c1-7-5(10)8-2-3(6)4(9)11-8/h2H,1H3,(H,7,10). The summed E-state index contributed by atoms with van der Waals surface area (Å²) in [4.78, 5) is 21.7. The fourth-order valence-electron chi connectivity index (χ4n) is 0.525. The van der Waals surface area contributed by atoms with E-state index in [4.69, 9.17) is 0 Å². The molecule has 0 spiro atoms. The number of carbonyl (C=O) groups excluding carboxylic acids is 1. The maximum Gasteiger partial charge on any atom is 0.334 e. The zero-order valence-electron chi connectivity index (χ0n) is 5.63. The molecule has 11 heavy (non-hydrogen) atoms. The first kappa shape index (κ1) is 8.48. The molecule has 4 nitrogen and oxygen atoms in total. The van der Waals surface area contributed by atoms with Crippen LogP contribution in [0.4, 0.5) is 4.79 Å². The lowest BCUT2D eigenvalue weighted by Gasteiger charge is -1.94. The largest absolute Gasteiger partial charge is 0.340 e. The molecular weight excluding hydrogens is 232 g/mol. The number of nitrogens with one attached hydrogen (secondary N) is 1. The summed E-state index contributed by atoms with van der Waals surface area (Å²) in [6, 6.07) is -0.308. The van der Waals surface area contributed by atoms with Gasteiger partial charge in [0, 0.05) is 13.2 Å². The highest BCUT2D eigenvalue weighted by Crippen LogP contribution is 2.05. The molecule has 1 aromatic rings. The van der Waals surface area contributed by atoms with Crippen LogP contribution in [0, 0.1) is 0 Å². The first-order chi connectivity index (χ1) is 5.15.